The fourth-order valence-electron chi connectivity index (χ4n) is 2.28. The minimum atomic E-state index is -1.32. The maximum absolute atomic E-state index is 11.0. The third kappa shape index (κ3) is 4.62. The maximum Gasteiger partial charge on any atom is 0.302 e. The Balaban J connectivity index is 2.17. The topological polar surface area (TPSA) is 125 Å². The van der Waals surface area contributed by atoms with Gasteiger partial charge in [-0.25, -0.2) is 0 Å². The Kier molecular flexibility index (Phi) is 6.47. The molecule has 1 heterocycles. The zero-order valence-electron chi connectivity index (χ0n) is 13.3. The number of hydrogen-bond donors (Lipinski definition) is 2. The number of rotatable bonds is 5. The predicted octanol–water partition coefficient (Wildman–Crippen LogP) is 1.78. The molecule has 5 atom stereocenters. The van der Waals surface area contributed by atoms with E-state index < -0.39 is 35.8 Å². The smallest absolute Gasteiger partial charge is 0.302 e. The molecule has 0 amide bonds. The number of thioether (sulfide) groups is 1. The average Bonchev–Trinajstić information content (AvgIpc) is 2.55. The van der Waals surface area contributed by atoms with Crippen LogP contribution < -0.4 is 0 Å². The summed E-state index contributed by atoms with van der Waals surface area (Å²) in [7, 11) is 0. The molecule has 0 spiro atoms. The van der Waals surface area contributed by atoms with Crippen LogP contribution in [0.5, 0.6) is 0 Å². The minimum Gasteiger partial charge on any atom is -0.463 e. The van der Waals surface area contributed by atoms with Gasteiger partial charge in [-0.2, -0.15) is 0 Å². The van der Waals surface area contributed by atoms with E-state index in [0.717, 1.165) is 10.5 Å². The zero-order chi connectivity index (χ0) is 17.7. The Morgan fingerprint density at radius 2 is 2.04 bits per heavy atom. The Morgan fingerprint density at radius 1 is 1.38 bits per heavy atom. The summed E-state index contributed by atoms with van der Waals surface area (Å²) in [6.45, 7) is 3.01. The van der Waals surface area contributed by atoms with Gasteiger partial charge in [0.05, 0.1) is 6.10 Å². The number of esters is 1. The molecule has 0 unspecified atom stereocenters. The largest absolute Gasteiger partial charge is 0.463 e. The number of azide groups is 1. The molecular weight excluding hydrogens is 334 g/mol. The first-order valence-electron chi connectivity index (χ1n) is 7.35. The molecule has 1 aromatic rings. The lowest BCUT2D eigenvalue weighted by Gasteiger charge is -2.40. The normalized spacial score (nSPS) is 29.6. The van der Waals surface area contributed by atoms with Gasteiger partial charge in [-0.05, 0) is 24.6 Å². The van der Waals surface area contributed by atoms with Crippen molar-refractivity contribution in [3.05, 3.63) is 40.3 Å². The summed E-state index contributed by atoms with van der Waals surface area (Å²) in [4.78, 5) is 14.5. The van der Waals surface area contributed by atoms with Crippen LogP contribution >= 0.6 is 11.8 Å². The third-order valence-corrected chi connectivity index (χ3v) is 4.74. The van der Waals surface area contributed by atoms with Crippen molar-refractivity contribution in [2.24, 2.45) is 5.11 Å². The summed E-state index contributed by atoms with van der Waals surface area (Å²) in [6.07, 6.45) is -3.55. The number of carbonyl (C=O) groups excluding carboxylic acids is 1. The Bertz CT molecular complexity index is 620. The molecule has 1 aliphatic heterocycles. The number of aliphatic hydroxyl groups is 2. The van der Waals surface area contributed by atoms with Gasteiger partial charge >= 0.3 is 5.97 Å². The summed E-state index contributed by atoms with van der Waals surface area (Å²) in [5, 5.41) is 23.9. The molecule has 0 saturated carbocycles. The zero-order valence-corrected chi connectivity index (χ0v) is 14.1. The molecule has 130 valence electrons. The highest BCUT2D eigenvalue weighted by Crippen LogP contribution is 2.35. The van der Waals surface area contributed by atoms with E-state index in [4.69, 9.17) is 15.0 Å². The van der Waals surface area contributed by atoms with Crippen LogP contribution in [-0.4, -0.2) is 52.6 Å². The van der Waals surface area contributed by atoms with Gasteiger partial charge in [0.1, 0.15) is 30.3 Å². The SMILES string of the molecule is CC(=O)OC[C@H]1O[C@@H](Sc2ccc(C)cc2)[C@H](N=[N+]=[N-])[C@@H](O)[C@@H]1O. The van der Waals surface area contributed by atoms with Gasteiger partial charge in [-0.15, -0.1) is 0 Å². The molecule has 0 aliphatic carbocycles. The number of nitrogens with zero attached hydrogens (tertiary/aromatic N) is 3. The number of aryl methyl sites for hydroxylation is 1. The van der Waals surface area contributed by atoms with Gasteiger partial charge in [-0.1, -0.05) is 34.6 Å². The van der Waals surface area contributed by atoms with Gasteiger partial charge < -0.3 is 19.7 Å². The number of ether oxygens (including phenoxy) is 2. The first-order chi connectivity index (χ1) is 11.4. The van der Waals surface area contributed by atoms with Crippen LogP contribution in [-0.2, 0) is 14.3 Å². The van der Waals surface area contributed by atoms with Crippen LogP contribution in [0.2, 0.25) is 0 Å². The molecule has 1 aliphatic rings. The lowest BCUT2D eigenvalue weighted by atomic mass is 9.99. The van der Waals surface area contributed by atoms with Gasteiger partial charge in [0, 0.05) is 16.7 Å². The molecule has 9 heteroatoms. The van der Waals surface area contributed by atoms with Crippen molar-refractivity contribution in [3.8, 4) is 0 Å². The summed E-state index contributed by atoms with van der Waals surface area (Å²) < 4.78 is 10.6. The van der Waals surface area contributed by atoms with E-state index in [9.17, 15) is 15.0 Å². The van der Waals surface area contributed by atoms with Gasteiger partial charge in [0.2, 0.25) is 0 Å². The molecular formula is C15H19N3O5S. The van der Waals surface area contributed by atoms with E-state index in [1.165, 1.54) is 18.7 Å². The quantitative estimate of drug-likeness (QED) is 0.360. The molecule has 24 heavy (non-hydrogen) atoms. The highest BCUT2D eigenvalue weighted by molar-refractivity contribution is 7.99. The van der Waals surface area contributed by atoms with Crippen molar-refractivity contribution in [2.45, 2.75) is 48.5 Å². The van der Waals surface area contributed by atoms with Crippen LogP contribution in [0.3, 0.4) is 0 Å². The van der Waals surface area contributed by atoms with E-state index in [0.29, 0.717) is 0 Å². The number of aliphatic hydroxyl groups excluding tert-OH is 2. The van der Waals surface area contributed by atoms with Gasteiger partial charge in [0.15, 0.2) is 0 Å². The number of carbonyl (C=O) groups is 1. The first kappa shape index (κ1) is 18.6. The molecule has 0 radical (unpaired) electrons. The summed E-state index contributed by atoms with van der Waals surface area (Å²) in [5.74, 6) is -0.514. The molecule has 0 bridgehead atoms. The molecule has 2 rings (SSSR count). The van der Waals surface area contributed by atoms with Crippen LogP contribution in [0.1, 0.15) is 12.5 Å². The second-order valence-corrected chi connectivity index (χ2v) is 6.62. The lowest BCUT2D eigenvalue weighted by Crippen LogP contribution is -2.57. The van der Waals surface area contributed by atoms with E-state index in [1.807, 2.05) is 31.2 Å². The van der Waals surface area contributed by atoms with Crippen molar-refractivity contribution in [2.75, 3.05) is 6.61 Å². The van der Waals surface area contributed by atoms with Crippen LogP contribution in [0.4, 0.5) is 0 Å². The highest BCUT2D eigenvalue weighted by Gasteiger charge is 2.44. The summed E-state index contributed by atoms with van der Waals surface area (Å²) in [5.41, 5.74) is 9.09. The van der Waals surface area contributed by atoms with Crippen LogP contribution in [0.25, 0.3) is 10.4 Å². The fraction of sp³-hybridized carbons (Fsp3) is 0.533. The van der Waals surface area contributed by atoms with Crippen LogP contribution in [0.15, 0.2) is 34.3 Å². The third-order valence-electron chi connectivity index (χ3n) is 3.58. The Hall–Kier alpha value is -1.77. The highest BCUT2D eigenvalue weighted by atomic mass is 32.2. The van der Waals surface area contributed by atoms with Crippen molar-refractivity contribution >= 4 is 17.7 Å². The Labute approximate surface area is 143 Å². The van der Waals surface area contributed by atoms with Crippen molar-refractivity contribution in [1.82, 2.24) is 0 Å². The second-order valence-electron chi connectivity index (χ2n) is 5.45. The van der Waals surface area contributed by atoms with E-state index >= 15 is 0 Å². The predicted molar refractivity (Wildman–Crippen MR) is 87.3 cm³/mol. The van der Waals surface area contributed by atoms with Gasteiger partial charge in [-0.3, -0.25) is 4.79 Å². The van der Waals surface area contributed by atoms with Crippen molar-refractivity contribution in [1.29, 1.82) is 0 Å². The van der Waals surface area contributed by atoms with E-state index in [2.05, 4.69) is 10.0 Å². The molecule has 1 saturated heterocycles. The fourth-order valence-corrected chi connectivity index (χ4v) is 3.40. The molecule has 8 nitrogen and oxygen atoms in total. The summed E-state index contributed by atoms with van der Waals surface area (Å²) in [6, 6.07) is 6.65. The second kappa shape index (κ2) is 8.36. The average molecular weight is 353 g/mol. The van der Waals surface area contributed by atoms with Crippen molar-refractivity contribution in [3.63, 3.8) is 0 Å². The Morgan fingerprint density at radius 3 is 2.62 bits per heavy atom. The monoisotopic (exact) mass is 353 g/mol. The van der Waals surface area contributed by atoms with Gasteiger partial charge in [0.25, 0.3) is 0 Å². The van der Waals surface area contributed by atoms with E-state index in [-0.39, 0.29) is 6.61 Å². The molecule has 2 N–H and O–H groups in total. The first-order valence-corrected chi connectivity index (χ1v) is 8.23. The minimum absolute atomic E-state index is 0.193. The summed E-state index contributed by atoms with van der Waals surface area (Å²) >= 11 is 1.27. The molecule has 1 aromatic carbocycles. The molecule has 1 fully saturated rings. The van der Waals surface area contributed by atoms with E-state index in [1.54, 1.807) is 0 Å². The lowest BCUT2D eigenvalue weighted by molar-refractivity contribution is -0.178. The molecule has 0 aromatic heterocycles. The maximum atomic E-state index is 11.0. The standard InChI is InChI=1S/C15H19N3O5S/c1-8-3-5-10(6-4-8)24-15-12(17-18-16)14(21)13(20)11(23-15)7-22-9(2)19/h3-6,11-15,20-21H,7H2,1-2H3/t11-,12-,13-,14-,15+/m1/s1. The van der Waals surface area contributed by atoms with Crippen LogP contribution in [0, 0.1) is 6.92 Å². The van der Waals surface area contributed by atoms with Crippen molar-refractivity contribution < 1.29 is 24.5 Å². The number of hydrogen-bond acceptors (Lipinski definition) is 7. The number of benzene rings is 1.